The van der Waals surface area contributed by atoms with Gasteiger partial charge in [-0.2, -0.15) is 9.49 Å². The molecule has 0 aliphatic rings. The van der Waals surface area contributed by atoms with Crippen LogP contribution in [0.2, 0.25) is 0 Å². The fourth-order valence-corrected chi connectivity index (χ4v) is 4.58. The Bertz CT molecular complexity index is 1680. The fourth-order valence-electron chi connectivity index (χ4n) is 3.83. The van der Waals surface area contributed by atoms with E-state index in [1.165, 1.54) is 12.3 Å². The lowest BCUT2D eigenvalue weighted by molar-refractivity contribution is 0.638. The average Bonchev–Trinajstić information content (AvgIpc) is 3.56. The van der Waals surface area contributed by atoms with E-state index in [0.29, 0.717) is 44.1 Å². The number of nitrogens with zero attached hydrogens (tertiary/aromatic N) is 6. The summed E-state index contributed by atoms with van der Waals surface area (Å²) in [5.41, 5.74) is 4.21. The van der Waals surface area contributed by atoms with E-state index in [1.54, 1.807) is 30.9 Å². The molecular weight excluding hydrogens is 458 g/mol. The molecule has 0 amide bonds. The number of nitrogens with one attached hydrogen (secondary N) is 2. The number of hydrogen-bond donors (Lipinski definition) is 2. The Morgan fingerprint density at radius 1 is 0.941 bits per heavy atom. The summed E-state index contributed by atoms with van der Waals surface area (Å²) in [7, 11) is 3.77. The smallest absolute Gasteiger partial charge is 0.176 e. The molecule has 0 aliphatic carbocycles. The Labute approximate surface area is 195 Å². The zero-order chi connectivity index (χ0) is 23.4. The number of halogens is 2. The Balaban J connectivity index is 1.52. The molecule has 34 heavy (non-hydrogen) atoms. The lowest BCUT2D eigenvalue weighted by Crippen LogP contribution is -2.09. The number of H-pyrrole nitrogens is 2. The predicted octanol–water partition coefficient (Wildman–Crippen LogP) is 5.03. The van der Waals surface area contributed by atoms with Crippen molar-refractivity contribution in [2.45, 2.75) is 0 Å². The minimum atomic E-state index is -0.530. The van der Waals surface area contributed by atoms with E-state index in [-0.39, 0.29) is 16.2 Å². The van der Waals surface area contributed by atoms with E-state index in [4.69, 9.17) is 0 Å². The van der Waals surface area contributed by atoms with E-state index >= 15 is 4.39 Å². The second-order valence-electron chi connectivity index (χ2n) is 7.88. The van der Waals surface area contributed by atoms with Crippen LogP contribution in [0.4, 0.5) is 14.5 Å². The van der Waals surface area contributed by atoms with E-state index in [1.807, 2.05) is 25.1 Å². The maximum Gasteiger partial charge on any atom is 0.176 e. The highest BCUT2D eigenvalue weighted by Crippen LogP contribution is 2.35. The van der Waals surface area contributed by atoms with Crippen LogP contribution in [0.1, 0.15) is 0 Å². The largest absolute Gasteiger partial charge is 0.376 e. The lowest BCUT2D eigenvalue weighted by atomic mass is 10.1. The van der Waals surface area contributed by atoms with E-state index in [0.717, 1.165) is 17.0 Å². The van der Waals surface area contributed by atoms with E-state index in [9.17, 15) is 4.39 Å². The van der Waals surface area contributed by atoms with Gasteiger partial charge in [-0.15, -0.1) is 11.3 Å². The summed E-state index contributed by atoms with van der Waals surface area (Å²) in [6, 6.07) is 4.91. The van der Waals surface area contributed by atoms with Gasteiger partial charge in [0, 0.05) is 42.5 Å². The van der Waals surface area contributed by atoms with Crippen LogP contribution in [0.5, 0.6) is 0 Å². The summed E-state index contributed by atoms with van der Waals surface area (Å²) < 4.78 is 29.4. The first-order valence-electron chi connectivity index (χ1n) is 10.2. The average molecular weight is 475 g/mol. The summed E-state index contributed by atoms with van der Waals surface area (Å²) in [6.07, 6.45) is 8.06. The van der Waals surface area contributed by atoms with Gasteiger partial charge in [-0.25, -0.2) is 9.37 Å². The van der Waals surface area contributed by atoms with Crippen molar-refractivity contribution in [1.82, 2.24) is 35.1 Å². The number of aromatic amines is 2. The fraction of sp³-hybridized carbons (Fsp3) is 0.0870. The van der Waals surface area contributed by atoms with Crippen LogP contribution in [0.15, 0.2) is 49.2 Å². The Morgan fingerprint density at radius 3 is 2.59 bits per heavy atom. The number of pyridine rings is 3. The van der Waals surface area contributed by atoms with Gasteiger partial charge in [-0.1, -0.05) is 0 Å². The highest BCUT2D eigenvalue weighted by Gasteiger charge is 2.21. The third-order valence-corrected chi connectivity index (χ3v) is 6.42. The molecule has 6 heterocycles. The number of anilines is 1. The van der Waals surface area contributed by atoms with Crippen LogP contribution in [0, 0.1) is 10.9 Å². The summed E-state index contributed by atoms with van der Waals surface area (Å²) >= 11 is 1.01. The summed E-state index contributed by atoms with van der Waals surface area (Å²) in [5.74, 6) is -0.165. The lowest BCUT2D eigenvalue weighted by Gasteiger charge is -2.13. The molecule has 6 aromatic rings. The monoisotopic (exact) mass is 474 g/mol. The molecule has 0 bridgehead atoms. The molecule has 0 unspecified atom stereocenters. The van der Waals surface area contributed by atoms with Crippen molar-refractivity contribution in [2.24, 2.45) is 0 Å². The molecule has 0 saturated carbocycles. The van der Waals surface area contributed by atoms with Gasteiger partial charge in [-0.3, -0.25) is 20.1 Å². The van der Waals surface area contributed by atoms with E-state index < -0.39 is 5.82 Å². The number of imidazole rings is 1. The van der Waals surface area contributed by atoms with Crippen molar-refractivity contribution in [2.75, 3.05) is 19.0 Å². The zero-order valence-electron chi connectivity index (χ0n) is 18.0. The molecule has 0 spiro atoms. The quantitative estimate of drug-likeness (QED) is 0.372. The number of fused-ring (bicyclic) bond motifs is 2. The Kier molecular flexibility index (Phi) is 4.59. The number of rotatable bonds is 4. The standard InChI is InChI=1S/C23H16F2N8S/c1-33(2)12-5-11(6-26-7-12)20-19(25)18-14(10-28-20)31-32-22(18)23-29-15-9-27-8-13(21(15)30-23)16-3-4-17(24)34-16/h3-10H,1-2H3,(H,29,30)(H,31,32). The van der Waals surface area contributed by atoms with Gasteiger partial charge in [0.15, 0.2) is 16.8 Å². The molecule has 0 atom stereocenters. The SMILES string of the molecule is CN(C)c1cncc(-c2ncc3[nH]nc(-c4nc5c(-c6ccc(F)s6)cncc5[nH]4)c3c2F)c1. The predicted molar refractivity (Wildman–Crippen MR) is 128 cm³/mol. The number of aromatic nitrogens is 7. The molecule has 0 saturated heterocycles. The normalized spacial score (nSPS) is 11.5. The molecule has 11 heteroatoms. The molecule has 168 valence electrons. The van der Waals surface area contributed by atoms with Gasteiger partial charge in [0.25, 0.3) is 0 Å². The van der Waals surface area contributed by atoms with Crippen LogP contribution in [0.25, 0.3) is 55.2 Å². The summed E-state index contributed by atoms with van der Waals surface area (Å²) in [4.78, 5) is 23.2. The van der Waals surface area contributed by atoms with Crippen molar-refractivity contribution >= 4 is 39.0 Å². The maximum absolute atomic E-state index is 15.8. The third kappa shape index (κ3) is 3.20. The first kappa shape index (κ1) is 20.4. The van der Waals surface area contributed by atoms with Crippen molar-refractivity contribution in [1.29, 1.82) is 0 Å². The van der Waals surface area contributed by atoms with Gasteiger partial charge in [0.2, 0.25) is 0 Å². The van der Waals surface area contributed by atoms with Gasteiger partial charge in [0.05, 0.1) is 40.7 Å². The second kappa shape index (κ2) is 7.66. The van der Waals surface area contributed by atoms with Crippen LogP contribution in [-0.2, 0) is 0 Å². The maximum atomic E-state index is 15.8. The van der Waals surface area contributed by atoms with Crippen molar-refractivity contribution in [3.05, 3.63) is 60.1 Å². The second-order valence-corrected chi connectivity index (χ2v) is 8.91. The molecular formula is C23H16F2N8S. The molecule has 6 aromatic heterocycles. The van der Waals surface area contributed by atoms with Crippen LogP contribution >= 0.6 is 11.3 Å². The summed E-state index contributed by atoms with van der Waals surface area (Å²) in [6.45, 7) is 0. The van der Waals surface area contributed by atoms with E-state index in [2.05, 4.69) is 35.1 Å². The molecule has 0 aliphatic heterocycles. The first-order chi connectivity index (χ1) is 16.5. The van der Waals surface area contributed by atoms with Crippen molar-refractivity contribution < 1.29 is 8.78 Å². The van der Waals surface area contributed by atoms with Gasteiger partial charge < -0.3 is 9.88 Å². The minimum Gasteiger partial charge on any atom is -0.376 e. The number of hydrogen-bond acceptors (Lipinski definition) is 7. The van der Waals surface area contributed by atoms with Gasteiger partial charge in [0.1, 0.15) is 16.9 Å². The minimum absolute atomic E-state index is 0.166. The van der Waals surface area contributed by atoms with Crippen molar-refractivity contribution in [3.8, 4) is 33.2 Å². The molecule has 6 rings (SSSR count). The molecule has 8 nitrogen and oxygen atoms in total. The highest BCUT2D eigenvalue weighted by atomic mass is 32.1. The van der Waals surface area contributed by atoms with Gasteiger partial charge in [-0.05, 0) is 18.2 Å². The first-order valence-corrected chi connectivity index (χ1v) is 11.1. The molecule has 0 aromatic carbocycles. The third-order valence-electron chi connectivity index (χ3n) is 5.52. The van der Waals surface area contributed by atoms with Crippen LogP contribution in [0.3, 0.4) is 0 Å². The molecule has 0 radical (unpaired) electrons. The zero-order valence-corrected chi connectivity index (χ0v) is 18.8. The Morgan fingerprint density at radius 2 is 1.79 bits per heavy atom. The topological polar surface area (TPSA) is 99.3 Å². The van der Waals surface area contributed by atoms with Crippen LogP contribution < -0.4 is 4.90 Å². The number of thiophene rings is 1. The Hall–Kier alpha value is -4.25. The molecule has 2 N–H and O–H groups in total. The van der Waals surface area contributed by atoms with Gasteiger partial charge >= 0.3 is 0 Å². The highest BCUT2D eigenvalue weighted by molar-refractivity contribution is 7.14. The molecule has 0 fully saturated rings. The van der Waals surface area contributed by atoms with Crippen LogP contribution in [-0.4, -0.2) is 49.2 Å². The van der Waals surface area contributed by atoms with Crippen molar-refractivity contribution in [3.63, 3.8) is 0 Å². The summed E-state index contributed by atoms with van der Waals surface area (Å²) in [5, 5.41) is 7.10.